The number of ether oxygens (including phenoxy) is 5. The van der Waals surface area contributed by atoms with Crippen molar-refractivity contribution in [2.24, 2.45) is 5.92 Å². The van der Waals surface area contributed by atoms with Crippen molar-refractivity contribution in [3.05, 3.63) is 89.5 Å². The molecule has 0 unspecified atom stereocenters. The second-order valence-corrected chi connectivity index (χ2v) is 9.08. The number of phenolic OH excluding ortho intramolecular Hbond substituents is 1. The van der Waals surface area contributed by atoms with Gasteiger partial charge in [0.25, 0.3) is 0 Å². The molecule has 0 saturated heterocycles. The Labute approximate surface area is 216 Å². The smallest absolute Gasteiger partial charge is 0.311 e. The number of carbonyl (C=O) groups excluding carboxylic acids is 1. The fourth-order valence-corrected chi connectivity index (χ4v) is 5.27. The number of fused-ring (bicyclic) bond motifs is 2. The molecule has 1 N–H and O–H groups in total. The molecule has 2 aliphatic rings. The third-order valence-corrected chi connectivity index (χ3v) is 6.86. The number of hydrogen-bond donors (Lipinski definition) is 1. The van der Waals surface area contributed by atoms with E-state index in [1.165, 1.54) is 0 Å². The van der Waals surface area contributed by atoms with Crippen LogP contribution in [0.25, 0.3) is 0 Å². The minimum Gasteiger partial charge on any atom is -0.508 e. The largest absolute Gasteiger partial charge is 0.508 e. The third kappa shape index (κ3) is 4.57. The lowest BCUT2D eigenvalue weighted by Gasteiger charge is -2.25. The molecule has 3 atom stereocenters. The van der Waals surface area contributed by atoms with E-state index in [0.717, 1.165) is 23.1 Å². The Hall–Kier alpha value is -4.13. The molecule has 3 aromatic rings. The van der Waals surface area contributed by atoms with Crippen LogP contribution in [0.4, 0.5) is 0 Å². The summed E-state index contributed by atoms with van der Waals surface area (Å²) in [7, 11) is 1.54. The van der Waals surface area contributed by atoms with E-state index in [2.05, 4.69) is 6.58 Å². The van der Waals surface area contributed by atoms with Crippen molar-refractivity contribution in [1.82, 2.24) is 0 Å². The number of esters is 1. The van der Waals surface area contributed by atoms with Gasteiger partial charge in [-0.05, 0) is 53.4 Å². The maximum atomic E-state index is 13.7. The highest BCUT2D eigenvalue weighted by atomic mass is 16.7. The molecule has 0 saturated carbocycles. The Kier molecular flexibility index (Phi) is 6.95. The Balaban J connectivity index is 1.69. The first-order chi connectivity index (χ1) is 18.0. The Bertz CT molecular complexity index is 1320. The van der Waals surface area contributed by atoms with Crippen molar-refractivity contribution >= 4 is 5.97 Å². The van der Waals surface area contributed by atoms with Gasteiger partial charge in [0.1, 0.15) is 23.9 Å². The molecule has 37 heavy (non-hydrogen) atoms. The zero-order valence-corrected chi connectivity index (χ0v) is 20.9. The number of carbonyl (C=O) groups is 1. The second kappa shape index (κ2) is 10.5. The first kappa shape index (κ1) is 24.6. The molecule has 192 valence electrons. The first-order valence-corrected chi connectivity index (χ1v) is 12.4. The normalized spacial score (nSPS) is 19.2. The summed E-state index contributed by atoms with van der Waals surface area (Å²) in [5.74, 6) is 0.707. The molecule has 1 aliphatic heterocycles. The predicted molar refractivity (Wildman–Crippen MR) is 138 cm³/mol. The number of phenols is 1. The monoisotopic (exact) mass is 502 g/mol. The van der Waals surface area contributed by atoms with Gasteiger partial charge in [0, 0.05) is 23.5 Å². The van der Waals surface area contributed by atoms with Crippen molar-refractivity contribution < 1.29 is 33.6 Å². The van der Waals surface area contributed by atoms with Crippen LogP contribution in [0, 0.1) is 5.92 Å². The topological polar surface area (TPSA) is 83.5 Å². The van der Waals surface area contributed by atoms with Gasteiger partial charge in [0.2, 0.25) is 6.79 Å². The average Bonchev–Trinajstić information content (AvgIpc) is 3.52. The van der Waals surface area contributed by atoms with Gasteiger partial charge in [-0.2, -0.15) is 0 Å². The molecule has 0 aromatic heterocycles. The number of rotatable bonds is 9. The van der Waals surface area contributed by atoms with Crippen molar-refractivity contribution in [1.29, 1.82) is 0 Å². The van der Waals surface area contributed by atoms with Crippen LogP contribution >= 0.6 is 0 Å². The van der Waals surface area contributed by atoms with Crippen LogP contribution in [-0.2, 0) is 9.53 Å². The lowest BCUT2D eigenvalue weighted by molar-refractivity contribution is -0.147. The van der Waals surface area contributed by atoms with Crippen LogP contribution in [0.1, 0.15) is 47.4 Å². The van der Waals surface area contributed by atoms with Gasteiger partial charge in [-0.1, -0.05) is 37.8 Å². The Morgan fingerprint density at radius 1 is 1.00 bits per heavy atom. The van der Waals surface area contributed by atoms with Crippen molar-refractivity contribution in [2.45, 2.75) is 25.2 Å². The summed E-state index contributed by atoms with van der Waals surface area (Å²) in [6.07, 6.45) is 2.42. The Morgan fingerprint density at radius 3 is 2.54 bits per heavy atom. The summed E-state index contributed by atoms with van der Waals surface area (Å²) in [6.45, 7) is 6.56. The molecule has 0 radical (unpaired) electrons. The van der Waals surface area contributed by atoms with Gasteiger partial charge in [0.15, 0.2) is 11.5 Å². The summed E-state index contributed by atoms with van der Waals surface area (Å²) in [5.41, 5.74) is 3.36. The van der Waals surface area contributed by atoms with Gasteiger partial charge in [-0.15, -0.1) is 0 Å². The number of hydrogen-bond acceptors (Lipinski definition) is 7. The van der Waals surface area contributed by atoms with E-state index in [1.54, 1.807) is 31.4 Å². The maximum Gasteiger partial charge on any atom is 0.311 e. The van der Waals surface area contributed by atoms with Crippen LogP contribution in [0.3, 0.4) is 0 Å². The first-order valence-electron chi connectivity index (χ1n) is 12.4. The van der Waals surface area contributed by atoms with E-state index in [0.29, 0.717) is 35.2 Å². The van der Waals surface area contributed by atoms with Crippen LogP contribution in [0.15, 0.2) is 67.3 Å². The van der Waals surface area contributed by atoms with Gasteiger partial charge in [-0.25, -0.2) is 0 Å². The zero-order chi connectivity index (χ0) is 25.9. The molecule has 1 aliphatic carbocycles. The molecule has 0 amide bonds. The van der Waals surface area contributed by atoms with E-state index >= 15 is 0 Å². The highest BCUT2D eigenvalue weighted by Crippen LogP contribution is 2.56. The number of aromatic hydroxyl groups is 1. The lowest BCUT2D eigenvalue weighted by Crippen LogP contribution is -2.26. The second-order valence-electron chi connectivity index (χ2n) is 9.08. The maximum absolute atomic E-state index is 13.7. The van der Waals surface area contributed by atoms with Crippen LogP contribution in [-0.4, -0.2) is 38.2 Å². The predicted octanol–water partition coefficient (Wildman–Crippen LogP) is 5.54. The van der Waals surface area contributed by atoms with E-state index in [1.807, 2.05) is 43.3 Å². The van der Waals surface area contributed by atoms with Gasteiger partial charge >= 0.3 is 5.97 Å². The van der Waals surface area contributed by atoms with Crippen molar-refractivity contribution in [3.63, 3.8) is 0 Å². The molecular formula is C30H30O7. The minimum absolute atomic E-state index is 0.0445. The summed E-state index contributed by atoms with van der Waals surface area (Å²) >= 11 is 0. The quantitative estimate of drug-likeness (QED) is 0.304. The molecule has 0 spiro atoms. The average molecular weight is 503 g/mol. The van der Waals surface area contributed by atoms with E-state index in [-0.39, 0.29) is 31.0 Å². The molecule has 3 aromatic carbocycles. The summed E-state index contributed by atoms with van der Waals surface area (Å²) < 4.78 is 28.0. The fourth-order valence-electron chi connectivity index (χ4n) is 5.27. The van der Waals surface area contributed by atoms with Crippen molar-refractivity contribution in [2.75, 3.05) is 27.1 Å². The summed E-state index contributed by atoms with van der Waals surface area (Å²) in [5, 5.41) is 11.1. The lowest BCUT2D eigenvalue weighted by atomic mass is 9.79. The van der Waals surface area contributed by atoms with Crippen LogP contribution in [0.2, 0.25) is 0 Å². The summed E-state index contributed by atoms with van der Waals surface area (Å²) in [4.78, 5) is 13.7. The highest BCUT2D eigenvalue weighted by Gasteiger charge is 2.48. The van der Waals surface area contributed by atoms with Crippen LogP contribution in [0.5, 0.6) is 28.7 Å². The van der Waals surface area contributed by atoms with E-state index in [4.69, 9.17) is 23.7 Å². The highest BCUT2D eigenvalue weighted by molar-refractivity contribution is 5.80. The Morgan fingerprint density at radius 2 is 1.78 bits per heavy atom. The number of methoxy groups -OCH3 is 1. The third-order valence-electron chi connectivity index (χ3n) is 6.86. The molecule has 7 heteroatoms. The standard InChI is InChI=1S/C30H30O7/c1-4-12-34-20-8-9-21-23(15-20)28(22-10-7-19(33-3)16-24(22)31)29(30(32)35-13-5-2)27(21)18-6-11-25-26(14-18)37-17-36-25/h5-11,14-16,27-29,31H,2,4,12-13,17H2,1,3H3/t27-,28+,29+/m0/s1. The van der Waals surface area contributed by atoms with E-state index in [9.17, 15) is 9.90 Å². The SMILES string of the molecule is C=CCOC(=O)[C@H]1[C@H](c2ccc(OC)cc2O)c2cc(OCCC)ccc2[C@@H]1c1ccc2c(c1)OCO2. The molecule has 5 rings (SSSR count). The molecule has 0 bridgehead atoms. The van der Waals surface area contributed by atoms with Crippen LogP contribution < -0.4 is 18.9 Å². The number of benzene rings is 3. The van der Waals surface area contributed by atoms with Crippen molar-refractivity contribution in [3.8, 4) is 28.7 Å². The fraction of sp³-hybridized carbons (Fsp3) is 0.300. The zero-order valence-electron chi connectivity index (χ0n) is 20.9. The molecular weight excluding hydrogens is 472 g/mol. The minimum atomic E-state index is -0.656. The van der Waals surface area contributed by atoms with Gasteiger partial charge < -0.3 is 28.8 Å². The molecule has 1 heterocycles. The summed E-state index contributed by atoms with van der Waals surface area (Å²) in [6, 6.07) is 16.8. The molecule has 7 nitrogen and oxygen atoms in total. The van der Waals surface area contributed by atoms with Gasteiger partial charge in [-0.3, -0.25) is 4.79 Å². The van der Waals surface area contributed by atoms with E-state index < -0.39 is 11.8 Å². The van der Waals surface area contributed by atoms with Gasteiger partial charge in [0.05, 0.1) is 19.6 Å². The molecule has 0 fully saturated rings.